The van der Waals surface area contributed by atoms with E-state index in [1.807, 2.05) is 20.8 Å². The molecule has 1 amide bonds. The van der Waals surface area contributed by atoms with Crippen LogP contribution < -0.4 is 0 Å². The zero-order chi connectivity index (χ0) is 17.8. The van der Waals surface area contributed by atoms with Gasteiger partial charge in [-0.15, -0.1) is 0 Å². The Balaban J connectivity index is 1.86. The number of rotatable bonds is 4. The summed E-state index contributed by atoms with van der Waals surface area (Å²) in [5.41, 5.74) is -0.483. The van der Waals surface area contributed by atoms with Gasteiger partial charge < -0.3 is 14.2 Å². The van der Waals surface area contributed by atoms with Crippen LogP contribution in [0, 0.1) is 5.92 Å². The first-order valence-electron chi connectivity index (χ1n) is 9.05. The van der Waals surface area contributed by atoms with E-state index in [4.69, 9.17) is 14.2 Å². The van der Waals surface area contributed by atoms with E-state index in [2.05, 4.69) is 0 Å². The summed E-state index contributed by atoms with van der Waals surface area (Å²) in [6.07, 6.45) is 5.26. The maximum Gasteiger partial charge on any atom is 0.518 e. The van der Waals surface area contributed by atoms with Crippen molar-refractivity contribution < 1.29 is 28.3 Å². The Labute approximate surface area is 145 Å². The molecule has 1 saturated heterocycles. The topological polar surface area (TPSA) is 61.8 Å². The number of methoxy groups -OCH3 is 1. The van der Waals surface area contributed by atoms with Gasteiger partial charge in [0.2, 0.25) is 0 Å². The van der Waals surface area contributed by atoms with Gasteiger partial charge in [-0.1, -0.05) is 0 Å². The molecule has 24 heavy (non-hydrogen) atoms. The molecule has 1 saturated carbocycles. The summed E-state index contributed by atoms with van der Waals surface area (Å²) in [4.78, 5) is 24.2. The van der Waals surface area contributed by atoms with Gasteiger partial charge in [0.05, 0.1) is 32.2 Å². The zero-order valence-electron chi connectivity index (χ0n) is 15.5. The zero-order valence-corrected chi connectivity index (χ0v) is 15.5. The summed E-state index contributed by atoms with van der Waals surface area (Å²) in [5.74, 6) is -0.124. The molecule has 2 fully saturated rings. The minimum Gasteiger partial charge on any atom is -0.469 e. The van der Waals surface area contributed by atoms with Crippen molar-refractivity contribution in [3.8, 4) is 0 Å². The quantitative estimate of drug-likeness (QED) is 0.580. The molecule has 138 valence electrons. The summed E-state index contributed by atoms with van der Waals surface area (Å²) in [7, 11) is 1.44. The molecule has 2 rings (SSSR count). The Morgan fingerprint density at radius 1 is 1.04 bits per heavy atom. The summed E-state index contributed by atoms with van der Waals surface area (Å²) in [5, 5.41) is 0. The van der Waals surface area contributed by atoms with Crippen LogP contribution in [-0.2, 0) is 19.0 Å². The van der Waals surface area contributed by atoms with E-state index in [0.29, 0.717) is 6.73 Å². The van der Waals surface area contributed by atoms with Crippen LogP contribution in [-0.4, -0.2) is 55.2 Å². The van der Waals surface area contributed by atoms with Gasteiger partial charge in [-0.3, -0.25) is 4.79 Å². The number of carbonyl (C=O) groups is 2. The molecule has 6 heteroatoms. The average Bonchev–Trinajstić information content (AvgIpc) is 3.01. The second kappa shape index (κ2) is 7.83. The van der Waals surface area contributed by atoms with Crippen LogP contribution in [0.25, 0.3) is 0 Å². The highest BCUT2D eigenvalue weighted by atomic mass is 16.6. The number of quaternary nitrogens is 1. The van der Waals surface area contributed by atoms with Gasteiger partial charge in [0.25, 0.3) is 0 Å². The summed E-state index contributed by atoms with van der Waals surface area (Å²) in [6, 6.07) is 0. The van der Waals surface area contributed by atoms with Crippen molar-refractivity contribution in [1.82, 2.24) is 0 Å². The molecule has 0 aromatic rings. The van der Waals surface area contributed by atoms with Crippen LogP contribution in [0.3, 0.4) is 0 Å². The van der Waals surface area contributed by atoms with Crippen LogP contribution in [0.4, 0.5) is 4.79 Å². The average molecular weight is 342 g/mol. The predicted molar refractivity (Wildman–Crippen MR) is 89.2 cm³/mol. The molecule has 6 nitrogen and oxygen atoms in total. The lowest BCUT2D eigenvalue weighted by atomic mass is 9.87. The molecule has 0 N–H and O–H groups in total. The first-order valence-corrected chi connectivity index (χ1v) is 9.05. The molecule has 2 aliphatic rings. The third kappa shape index (κ3) is 4.93. The first-order chi connectivity index (χ1) is 11.3. The van der Waals surface area contributed by atoms with Gasteiger partial charge in [-0.05, 0) is 46.5 Å². The number of carbonyl (C=O) groups excluding carboxylic acids is 2. The van der Waals surface area contributed by atoms with E-state index in [-0.39, 0.29) is 28.6 Å². The van der Waals surface area contributed by atoms with Crippen molar-refractivity contribution in [2.45, 2.75) is 71.0 Å². The molecule has 0 unspecified atom stereocenters. The lowest BCUT2D eigenvalue weighted by molar-refractivity contribution is -0.868. The molecular weight excluding hydrogens is 310 g/mol. The SMILES string of the molecule is COC(=O)C1CCC(OC[N+]2(C(=O)OC(C)(C)C)CCCC2)CC1. The second-order valence-corrected chi connectivity index (χ2v) is 8.07. The van der Waals surface area contributed by atoms with Gasteiger partial charge in [0.1, 0.15) is 5.60 Å². The van der Waals surface area contributed by atoms with Crippen LogP contribution in [0.5, 0.6) is 0 Å². The molecule has 0 spiro atoms. The normalized spacial score (nSPS) is 26.8. The van der Waals surface area contributed by atoms with Gasteiger partial charge in [0, 0.05) is 12.8 Å². The highest BCUT2D eigenvalue weighted by Crippen LogP contribution is 2.29. The number of likely N-dealkylation sites (tertiary alicyclic amines) is 1. The highest BCUT2D eigenvalue weighted by Gasteiger charge is 2.44. The fraction of sp³-hybridized carbons (Fsp3) is 0.889. The second-order valence-electron chi connectivity index (χ2n) is 8.07. The summed E-state index contributed by atoms with van der Waals surface area (Å²) >= 11 is 0. The lowest BCUT2D eigenvalue weighted by Gasteiger charge is -2.34. The number of amides is 1. The Hall–Kier alpha value is -1.14. The standard InChI is InChI=1S/C18H32NO5/c1-18(2,3)24-17(21)19(11-5-6-12-19)13-23-15-9-7-14(8-10-15)16(20)22-4/h14-15H,5-13H2,1-4H3/q+1. The Morgan fingerprint density at radius 3 is 2.12 bits per heavy atom. The fourth-order valence-corrected chi connectivity index (χ4v) is 3.54. The van der Waals surface area contributed by atoms with Crippen LogP contribution in [0.1, 0.15) is 59.3 Å². The summed E-state index contributed by atoms with van der Waals surface area (Å²) < 4.78 is 16.8. The Morgan fingerprint density at radius 2 is 1.62 bits per heavy atom. The minimum absolute atomic E-state index is 0.00404. The molecule has 0 bridgehead atoms. The van der Waals surface area contributed by atoms with Crippen LogP contribution in [0.2, 0.25) is 0 Å². The van der Waals surface area contributed by atoms with E-state index in [0.717, 1.165) is 51.6 Å². The van der Waals surface area contributed by atoms with E-state index in [1.165, 1.54) is 7.11 Å². The molecular formula is C18H32NO5+. The van der Waals surface area contributed by atoms with Crippen LogP contribution in [0.15, 0.2) is 0 Å². The van der Waals surface area contributed by atoms with Gasteiger partial charge in [-0.25, -0.2) is 0 Å². The predicted octanol–water partition coefficient (Wildman–Crippen LogP) is 3.24. The van der Waals surface area contributed by atoms with Crippen molar-refractivity contribution in [2.75, 3.05) is 26.9 Å². The number of hydrogen-bond donors (Lipinski definition) is 0. The molecule has 0 atom stereocenters. The summed E-state index contributed by atoms with van der Waals surface area (Å²) in [6.45, 7) is 7.63. The minimum atomic E-state index is -0.483. The van der Waals surface area contributed by atoms with Crippen molar-refractivity contribution in [2.24, 2.45) is 5.92 Å². The smallest absolute Gasteiger partial charge is 0.469 e. The Bertz CT molecular complexity index is 443. The van der Waals surface area contributed by atoms with Crippen molar-refractivity contribution in [3.05, 3.63) is 0 Å². The van der Waals surface area contributed by atoms with E-state index in [9.17, 15) is 9.59 Å². The molecule has 1 aliphatic heterocycles. The molecule has 1 aliphatic carbocycles. The maximum absolute atomic E-state index is 12.6. The third-order valence-corrected chi connectivity index (χ3v) is 4.97. The largest absolute Gasteiger partial charge is 0.518 e. The maximum atomic E-state index is 12.6. The Kier molecular flexibility index (Phi) is 6.26. The van der Waals surface area contributed by atoms with E-state index < -0.39 is 5.60 Å². The third-order valence-electron chi connectivity index (χ3n) is 4.97. The van der Waals surface area contributed by atoms with Crippen molar-refractivity contribution in [1.29, 1.82) is 0 Å². The molecule has 0 aromatic heterocycles. The number of ether oxygens (including phenoxy) is 3. The highest BCUT2D eigenvalue weighted by molar-refractivity contribution is 5.72. The number of nitrogens with zero attached hydrogens (tertiary/aromatic N) is 1. The number of esters is 1. The first kappa shape index (κ1) is 19.2. The molecule has 0 radical (unpaired) electrons. The van der Waals surface area contributed by atoms with Gasteiger partial charge >= 0.3 is 12.1 Å². The van der Waals surface area contributed by atoms with E-state index >= 15 is 0 Å². The monoisotopic (exact) mass is 342 g/mol. The fourth-order valence-electron chi connectivity index (χ4n) is 3.54. The van der Waals surface area contributed by atoms with Crippen molar-refractivity contribution in [3.63, 3.8) is 0 Å². The van der Waals surface area contributed by atoms with Gasteiger partial charge in [-0.2, -0.15) is 9.28 Å². The lowest BCUT2D eigenvalue weighted by Crippen LogP contribution is -2.54. The number of hydrogen-bond acceptors (Lipinski definition) is 5. The van der Waals surface area contributed by atoms with Gasteiger partial charge in [0.15, 0.2) is 6.73 Å². The van der Waals surface area contributed by atoms with E-state index in [1.54, 1.807) is 0 Å². The van der Waals surface area contributed by atoms with Crippen molar-refractivity contribution >= 4 is 12.1 Å². The molecule has 0 aromatic carbocycles. The van der Waals surface area contributed by atoms with Crippen LogP contribution >= 0.6 is 0 Å². The molecule has 1 heterocycles.